The van der Waals surface area contributed by atoms with E-state index in [2.05, 4.69) is 0 Å². The molecule has 21 heavy (non-hydrogen) atoms. The molecule has 1 aromatic rings. The molecule has 1 heterocycles. The number of hydrogen-bond acceptors (Lipinski definition) is 2. The highest BCUT2D eigenvalue weighted by atomic mass is 35.5. The lowest BCUT2D eigenvalue weighted by atomic mass is 10.0. The summed E-state index contributed by atoms with van der Waals surface area (Å²) in [5.41, 5.74) is 1.80. The van der Waals surface area contributed by atoms with Crippen molar-refractivity contribution in [3.05, 3.63) is 40.4 Å². The third-order valence-corrected chi connectivity index (χ3v) is 4.09. The van der Waals surface area contributed by atoms with E-state index in [1.165, 1.54) is 11.0 Å². The van der Waals surface area contributed by atoms with Crippen LogP contribution in [0, 0.1) is 6.92 Å². The van der Waals surface area contributed by atoms with Crippen molar-refractivity contribution in [1.82, 2.24) is 4.90 Å². The first kappa shape index (κ1) is 15.6. The third-order valence-electron chi connectivity index (χ3n) is 3.69. The Morgan fingerprint density at radius 3 is 2.81 bits per heavy atom. The fourth-order valence-corrected chi connectivity index (χ4v) is 2.62. The Morgan fingerprint density at radius 2 is 2.14 bits per heavy atom. The number of carboxylic acid groups (broad SMARTS) is 1. The fourth-order valence-electron chi connectivity index (χ4n) is 2.43. The van der Waals surface area contributed by atoms with Gasteiger partial charge in [-0.3, -0.25) is 4.79 Å². The van der Waals surface area contributed by atoms with E-state index in [0.29, 0.717) is 18.0 Å². The number of halogens is 1. The molecule has 5 heteroatoms. The zero-order valence-electron chi connectivity index (χ0n) is 11.9. The van der Waals surface area contributed by atoms with Crippen LogP contribution in [0.25, 0.3) is 6.08 Å². The number of benzene rings is 1. The lowest BCUT2D eigenvalue weighted by molar-refractivity contribution is -0.150. The second kappa shape index (κ2) is 6.76. The van der Waals surface area contributed by atoms with Crippen LogP contribution in [0.2, 0.25) is 5.02 Å². The number of piperidine rings is 1. The van der Waals surface area contributed by atoms with Crippen molar-refractivity contribution in [2.24, 2.45) is 0 Å². The summed E-state index contributed by atoms with van der Waals surface area (Å²) < 4.78 is 0. The quantitative estimate of drug-likeness (QED) is 0.873. The second-order valence-electron chi connectivity index (χ2n) is 5.22. The number of carbonyl (C=O) groups excluding carboxylic acids is 1. The van der Waals surface area contributed by atoms with Crippen LogP contribution in [0.3, 0.4) is 0 Å². The van der Waals surface area contributed by atoms with Gasteiger partial charge >= 0.3 is 5.97 Å². The predicted molar refractivity (Wildman–Crippen MR) is 82.2 cm³/mol. The van der Waals surface area contributed by atoms with Crippen LogP contribution in [0.15, 0.2) is 24.3 Å². The van der Waals surface area contributed by atoms with Crippen molar-refractivity contribution in [3.8, 4) is 0 Å². The van der Waals surface area contributed by atoms with Crippen molar-refractivity contribution in [2.45, 2.75) is 32.2 Å². The molecule has 0 bridgehead atoms. The molecule has 1 N–H and O–H groups in total. The van der Waals surface area contributed by atoms with Crippen molar-refractivity contribution in [2.75, 3.05) is 6.54 Å². The smallest absolute Gasteiger partial charge is 0.326 e. The summed E-state index contributed by atoms with van der Waals surface area (Å²) in [5.74, 6) is -1.20. The number of carboxylic acids is 1. The molecule has 2 rings (SSSR count). The highest BCUT2D eigenvalue weighted by molar-refractivity contribution is 6.31. The predicted octanol–water partition coefficient (Wildman–Crippen LogP) is 3.13. The molecule has 0 unspecified atom stereocenters. The number of nitrogens with zero attached hydrogens (tertiary/aromatic N) is 1. The Labute approximate surface area is 129 Å². The van der Waals surface area contributed by atoms with Crippen LogP contribution in [0.4, 0.5) is 0 Å². The number of carbonyl (C=O) groups is 2. The van der Waals surface area contributed by atoms with Gasteiger partial charge in [0.25, 0.3) is 0 Å². The first-order valence-corrected chi connectivity index (χ1v) is 7.34. The monoisotopic (exact) mass is 307 g/mol. The minimum atomic E-state index is -0.935. The van der Waals surface area contributed by atoms with Gasteiger partial charge in [0.05, 0.1) is 0 Å². The van der Waals surface area contributed by atoms with Gasteiger partial charge in [-0.05, 0) is 49.5 Å². The van der Waals surface area contributed by atoms with E-state index in [1.807, 2.05) is 19.1 Å². The van der Waals surface area contributed by atoms with Gasteiger partial charge in [0.15, 0.2) is 0 Å². The summed E-state index contributed by atoms with van der Waals surface area (Å²) in [5, 5.41) is 9.82. The minimum absolute atomic E-state index is 0.265. The highest BCUT2D eigenvalue weighted by Crippen LogP contribution is 2.19. The minimum Gasteiger partial charge on any atom is -0.480 e. The molecule has 112 valence electrons. The molecule has 1 saturated heterocycles. The van der Waals surface area contributed by atoms with Gasteiger partial charge in [0, 0.05) is 17.6 Å². The number of aryl methyl sites for hydroxylation is 1. The van der Waals surface area contributed by atoms with Crippen molar-refractivity contribution >= 4 is 29.6 Å². The number of aliphatic carboxylic acids is 1. The van der Waals surface area contributed by atoms with Gasteiger partial charge in [0.2, 0.25) is 5.91 Å². The van der Waals surface area contributed by atoms with Gasteiger partial charge < -0.3 is 10.0 Å². The normalized spacial score (nSPS) is 19.0. The highest BCUT2D eigenvalue weighted by Gasteiger charge is 2.30. The molecule has 0 spiro atoms. The molecule has 0 radical (unpaired) electrons. The van der Waals surface area contributed by atoms with E-state index < -0.39 is 12.0 Å². The first-order valence-electron chi connectivity index (χ1n) is 6.96. The second-order valence-corrected chi connectivity index (χ2v) is 5.63. The summed E-state index contributed by atoms with van der Waals surface area (Å²) >= 11 is 6.04. The van der Waals surface area contributed by atoms with Gasteiger partial charge in [-0.15, -0.1) is 0 Å². The molecule has 1 atom stereocenters. The molecule has 0 aromatic heterocycles. The first-order chi connectivity index (χ1) is 9.99. The maximum absolute atomic E-state index is 12.2. The SMILES string of the molecule is Cc1ccc(C=CC(=O)N2CCCC[C@H]2C(=O)O)cc1Cl. The van der Waals surface area contributed by atoms with Crippen LogP contribution in [0.5, 0.6) is 0 Å². The zero-order valence-corrected chi connectivity index (χ0v) is 12.6. The van der Waals surface area contributed by atoms with E-state index in [-0.39, 0.29) is 5.91 Å². The summed E-state index contributed by atoms with van der Waals surface area (Å²) in [7, 11) is 0. The number of rotatable bonds is 3. The van der Waals surface area contributed by atoms with Gasteiger partial charge in [-0.2, -0.15) is 0 Å². The third kappa shape index (κ3) is 3.85. The molecular weight excluding hydrogens is 290 g/mol. The molecule has 4 nitrogen and oxygen atoms in total. The maximum atomic E-state index is 12.2. The fraction of sp³-hybridized carbons (Fsp3) is 0.375. The van der Waals surface area contributed by atoms with Crippen LogP contribution >= 0.6 is 11.6 Å². The molecular formula is C16H18ClNO3. The van der Waals surface area contributed by atoms with Gasteiger partial charge in [-0.25, -0.2) is 4.79 Å². The Bertz CT molecular complexity index is 583. The average molecular weight is 308 g/mol. The molecule has 1 fully saturated rings. The van der Waals surface area contributed by atoms with E-state index in [0.717, 1.165) is 24.0 Å². The summed E-state index contributed by atoms with van der Waals surface area (Å²) in [6.07, 6.45) is 5.30. The van der Waals surface area contributed by atoms with Crippen molar-refractivity contribution in [1.29, 1.82) is 0 Å². The van der Waals surface area contributed by atoms with E-state index >= 15 is 0 Å². The Hall–Kier alpha value is -1.81. The van der Waals surface area contributed by atoms with E-state index in [4.69, 9.17) is 11.6 Å². The summed E-state index contributed by atoms with van der Waals surface area (Å²) in [6.45, 7) is 2.40. The Morgan fingerprint density at radius 1 is 1.38 bits per heavy atom. The molecule has 0 saturated carbocycles. The zero-order chi connectivity index (χ0) is 15.4. The Kier molecular flexibility index (Phi) is 5.02. The van der Waals surface area contributed by atoms with Crippen LogP contribution in [-0.2, 0) is 9.59 Å². The number of likely N-dealkylation sites (tertiary alicyclic amines) is 1. The molecule has 1 amide bonds. The van der Waals surface area contributed by atoms with E-state index in [1.54, 1.807) is 12.1 Å². The van der Waals surface area contributed by atoms with Crippen LogP contribution in [0.1, 0.15) is 30.4 Å². The Balaban J connectivity index is 2.10. The molecule has 1 aliphatic heterocycles. The van der Waals surface area contributed by atoms with Crippen LogP contribution in [-0.4, -0.2) is 34.5 Å². The number of hydrogen-bond donors (Lipinski definition) is 1. The van der Waals surface area contributed by atoms with Gasteiger partial charge in [-0.1, -0.05) is 23.7 Å². The average Bonchev–Trinajstić information content (AvgIpc) is 2.48. The molecule has 1 aromatic carbocycles. The van der Waals surface area contributed by atoms with E-state index in [9.17, 15) is 14.7 Å². The number of amides is 1. The van der Waals surface area contributed by atoms with Crippen molar-refractivity contribution < 1.29 is 14.7 Å². The maximum Gasteiger partial charge on any atom is 0.326 e. The largest absolute Gasteiger partial charge is 0.480 e. The molecule has 0 aliphatic carbocycles. The lowest BCUT2D eigenvalue weighted by Gasteiger charge is -2.32. The topological polar surface area (TPSA) is 57.6 Å². The van der Waals surface area contributed by atoms with Gasteiger partial charge in [0.1, 0.15) is 6.04 Å². The summed E-state index contributed by atoms with van der Waals surface area (Å²) in [6, 6.07) is 4.83. The molecule has 1 aliphatic rings. The standard InChI is InChI=1S/C16H18ClNO3/c1-11-5-6-12(10-13(11)17)7-8-15(19)18-9-3-2-4-14(18)16(20)21/h5-8,10,14H,2-4,9H2,1H3,(H,20,21)/t14-/m0/s1. The van der Waals surface area contributed by atoms with Crippen LogP contribution < -0.4 is 0 Å². The lowest BCUT2D eigenvalue weighted by Crippen LogP contribution is -2.47. The summed E-state index contributed by atoms with van der Waals surface area (Å²) in [4.78, 5) is 24.8. The van der Waals surface area contributed by atoms with Crippen molar-refractivity contribution in [3.63, 3.8) is 0 Å².